The number of benzene rings is 3. The molecule has 1 amide bonds. The third-order valence-electron chi connectivity index (χ3n) is 3.26. The first kappa shape index (κ1) is 13.9. The van der Waals surface area contributed by atoms with Crippen molar-refractivity contribution >= 4 is 22.9 Å². The van der Waals surface area contributed by atoms with Crippen LogP contribution in [0.4, 0.5) is 4.39 Å². The summed E-state index contributed by atoms with van der Waals surface area (Å²) in [5.41, 5.74) is 3.67. The topological polar surface area (TPSA) is 41.5 Å². The lowest BCUT2D eigenvalue weighted by Gasteiger charge is -2.00. The molecule has 1 N–H and O–H groups in total. The molecule has 0 aromatic heterocycles. The van der Waals surface area contributed by atoms with Crippen molar-refractivity contribution in [3.05, 3.63) is 83.7 Å². The molecule has 0 bridgehead atoms. The fourth-order valence-corrected chi connectivity index (χ4v) is 2.12. The second-order valence-electron chi connectivity index (χ2n) is 4.81. The Labute approximate surface area is 127 Å². The standard InChI is InChI=1S/C18H13FN2O/c19-17-9-7-15(8-10-17)18(22)21-20-12-13-5-6-14-3-1-2-4-16(14)11-13/h1-12H,(H,21,22)/b20-12-. The van der Waals surface area contributed by atoms with Gasteiger partial charge in [0.05, 0.1) is 6.21 Å². The fourth-order valence-electron chi connectivity index (χ4n) is 2.12. The predicted octanol–water partition coefficient (Wildman–Crippen LogP) is 3.74. The Morgan fingerprint density at radius 2 is 1.68 bits per heavy atom. The average Bonchev–Trinajstić information content (AvgIpc) is 2.55. The molecule has 0 fully saturated rings. The minimum Gasteiger partial charge on any atom is -0.267 e. The van der Waals surface area contributed by atoms with Crippen molar-refractivity contribution in [3.8, 4) is 0 Å². The quantitative estimate of drug-likeness (QED) is 0.580. The molecule has 0 unspecified atom stereocenters. The molecule has 3 aromatic carbocycles. The number of hydrogen-bond donors (Lipinski definition) is 1. The molecular weight excluding hydrogens is 279 g/mol. The summed E-state index contributed by atoms with van der Waals surface area (Å²) >= 11 is 0. The first-order valence-electron chi connectivity index (χ1n) is 6.80. The van der Waals surface area contributed by atoms with Gasteiger partial charge >= 0.3 is 0 Å². The highest BCUT2D eigenvalue weighted by atomic mass is 19.1. The summed E-state index contributed by atoms with van der Waals surface area (Å²) in [6.45, 7) is 0. The Bertz CT molecular complexity index is 841. The maximum Gasteiger partial charge on any atom is 0.271 e. The van der Waals surface area contributed by atoms with Crippen LogP contribution in [0.25, 0.3) is 10.8 Å². The van der Waals surface area contributed by atoms with Crippen LogP contribution in [0.15, 0.2) is 71.8 Å². The van der Waals surface area contributed by atoms with Crippen molar-refractivity contribution in [2.24, 2.45) is 5.10 Å². The molecule has 0 aliphatic carbocycles. The van der Waals surface area contributed by atoms with Crippen LogP contribution in [0.1, 0.15) is 15.9 Å². The predicted molar refractivity (Wildman–Crippen MR) is 85.4 cm³/mol. The largest absolute Gasteiger partial charge is 0.271 e. The van der Waals surface area contributed by atoms with Crippen molar-refractivity contribution in [3.63, 3.8) is 0 Å². The summed E-state index contributed by atoms with van der Waals surface area (Å²) in [6.07, 6.45) is 1.58. The van der Waals surface area contributed by atoms with Gasteiger partial charge in [0, 0.05) is 5.56 Å². The van der Waals surface area contributed by atoms with E-state index in [1.165, 1.54) is 24.3 Å². The van der Waals surface area contributed by atoms with E-state index in [1.807, 2.05) is 42.5 Å². The zero-order chi connectivity index (χ0) is 15.4. The maximum atomic E-state index is 12.8. The zero-order valence-electron chi connectivity index (χ0n) is 11.7. The van der Waals surface area contributed by atoms with E-state index in [1.54, 1.807) is 6.21 Å². The lowest BCUT2D eigenvalue weighted by atomic mass is 10.1. The van der Waals surface area contributed by atoms with Crippen LogP contribution in [-0.2, 0) is 0 Å². The van der Waals surface area contributed by atoms with Gasteiger partial charge in [-0.25, -0.2) is 9.82 Å². The minimum atomic E-state index is -0.379. The van der Waals surface area contributed by atoms with Gasteiger partial charge in [0.15, 0.2) is 0 Å². The molecule has 0 aliphatic rings. The highest BCUT2D eigenvalue weighted by molar-refractivity contribution is 5.95. The van der Waals surface area contributed by atoms with E-state index in [-0.39, 0.29) is 11.7 Å². The summed E-state index contributed by atoms with van der Waals surface area (Å²) in [4.78, 5) is 11.8. The van der Waals surface area contributed by atoms with Gasteiger partial charge in [-0.2, -0.15) is 5.10 Å². The Morgan fingerprint density at radius 1 is 0.955 bits per heavy atom. The van der Waals surface area contributed by atoms with E-state index >= 15 is 0 Å². The van der Waals surface area contributed by atoms with Crippen LogP contribution in [0, 0.1) is 5.82 Å². The number of hydrazone groups is 1. The molecule has 0 heterocycles. The van der Waals surface area contributed by atoms with Gasteiger partial charge in [0.2, 0.25) is 0 Å². The van der Waals surface area contributed by atoms with E-state index in [0.717, 1.165) is 16.3 Å². The lowest BCUT2D eigenvalue weighted by Crippen LogP contribution is -2.17. The van der Waals surface area contributed by atoms with Crippen molar-refractivity contribution < 1.29 is 9.18 Å². The average molecular weight is 292 g/mol. The number of carbonyl (C=O) groups excluding carboxylic acids is 1. The van der Waals surface area contributed by atoms with Crippen LogP contribution in [0.5, 0.6) is 0 Å². The Hall–Kier alpha value is -3.01. The number of hydrogen-bond acceptors (Lipinski definition) is 2. The smallest absolute Gasteiger partial charge is 0.267 e. The molecule has 3 nitrogen and oxygen atoms in total. The Morgan fingerprint density at radius 3 is 2.45 bits per heavy atom. The Kier molecular flexibility index (Phi) is 3.92. The number of nitrogens with zero attached hydrogens (tertiary/aromatic N) is 1. The van der Waals surface area contributed by atoms with E-state index in [9.17, 15) is 9.18 Å². The third kappa shape index (κ3) is 3.17. The van der Waals surface area contributed by atoms with Crippen LogP contribution in [0.2, 0.25) is 0 Å². The number of halogens is 1. The minimum absolute atomic E-state index is 0.358. The summed E-state index contributed by atoms with van der Waals surface area (Å²) < 4.78 is 12.8. The second kappa shape index (κ2) is 6.18. The highest BCUT2D eigenvalue weighted by Gasteiger charge is 2.03. The summed E-state index contributed by atoms with van der Waals surface area (Å²) in [5, 5.41) is 6.18. The van der Waals surface area contributed by atoms with Crippen LogP contribution in [-0.4, -0.2) is 12.1 Å². The van der Waals surface area contributed by atoms with Crippen LogP contribution >= 0.6 is 0 Å². The number of carbonyl (C=O) groups is 1. The molecule has 4 heteroatoms. The van der Waals surface area contributed by atoms with E-state index < -0.39 is 0 Å². The van der Waals surface area contributed by atoms with E-state index in [2.05, 4.69) is 10.5 Å². The molecule has 0 radical (unpaired) electrons. The fraction of sp³-hybridized carbons (Fsp3) is 0. The molecule has 0 saturated carbocycles. The van der Waals surface area contributed by atoms with Crippen molar-refractivity contribution in [2.75, 3.05) is 0 Å². The molecule has 0 aliphatic heterocycles. The second-order valence-corrected chi connectivity index (χ2v) is 4.81. The zero-order valence-corrected chi connectivity index (χ0v) is 11.7. The molecule has 0 atom stereocenters. The van der Waals surface area contributed by atoms with Gasteiger partial charge in [-0.1, -0.05) is 36.4 Å². The Balaban J connectivity index is 1.70. The molecule has 0 saturated heterocycles. The van der Waals surface area contributed by atoms with Gasteiger partial charge in [0.25, 0.3) is 5.91 Å². The summed E-state index contributed by atoms with van der Waals surface area (Å²) in [7, 11) is 0. The van der Waals surface area contributed by atoms with E-state index in [0.29, 0.717) is 5.56 Å². The molecule has 22 heavy (non-hydrogen) atoms. The van der Waals surface area contributed by atoms with Crippen molar-refractivity contribution in [1.29, 1.82) is 0 Å². The summed E-state index contributed by atoms with van der Waals surface area (Å²) in [5.74, 6) is -0.756. The third-order valence-corrected chi connectivity index (χ3v) is 3.26. The van der Waals surface area contributed by atoms with Crippen LogP contribution in [0.3, 0.4) is 0 Å². The molecular formula is C18H13FN2O. The van der Waals surface area contributed by atoms with Crippen molar-refractivity contribution in [1.82, 2.24) is 5.43 Å². The monoisotopic (exact) mass is 292 g/mol. The van der Waals surface area contributed by atoms with Crippen LogP contribution < -0.4 is 5.43 Å². The molecule has 3 aromatic rings. The van der Waals surface area contributed by atoms with Gasteiger partial charge in [-0.15, -0.1) is 0 Å². The van der Waals surface area contributed by atoms with Gasteiger partial charge < -0.3 is 0 Å². The van der Waals surface area contributed by atoms with E-state index in [4.69, 9.17) is 0 Å². The van der Waals surface area contributed by atoms with Gasteiger partial charge in [-0.05, 0) is 46.7 Å². The number of amides is 1. The van der Waals surface area contributed by atoms with Gasteiger partial charge in [0.1, 0.15) is 5.82 Å². The molecule has 108 valence electrons. The number of fused-ring (bicyclic) bond motifs is 1. The first-order chi connectivity index (χ1) is 10.7. The first-order valence-corrected chi connectivity index (χ1v) is 6.80. The number of rotatable bonds is 3. The maximum absolute atomic E-state index is 12.8. The van der Waals surface area contributed by atoms with Gasteiger partial charge in [-0.3, -0.25) is 4.79 Å². The SMILES string of the molecule is O=C(N/N=C\c1ccc2ccccc2c1)c1ccc(F)cc1. The highest BCUT2D eigenvalue weighted by Crippen LogP contribution is 2.14. The molecule has 3 rings (SSSR count). The van der Waals surface area contributed by atoms with Crippen molar-refractivity contribution in [2.45, 2.75) is 0 Å². The lowest BCUT2D eigenvalue weighted by molar-refractivity contribution is 0.0955. The molecule has 0 spiro atoms. The number of nitrogens with one attached hydrogen (secondary N) is 1. The summed E-state index contributed by atoms with van der Waals surface area (Å²) in [6, 6.07) is 19.2. The normalized spacial score (nSPS) is 11.0.